The number of carboxylic acids is 1. The highest BCUT2D eigenvalue weighted by molar-refractivity contribution is 6.08. The summed E-state index contributed by atoms with van der Waals surface area (Å²) < 4.78 is 5.70. The molecule has 258 valence electrons. The van der Waals surface area contributed by atoms with Crippen molar-refractivity contribution in [2.45, 2.75) is 96.1 Å². The van der Waals surface area contributed by atoms with Gasteiger partial charge in [-0.1, -0.05) is 110 Å². The van der Waals surface area contributed by atoms with Gasteiger partial charge in [0.1, 0.15) is 6.04 Å². The molecule has 8 heteroatoms. The van der Waals surface area contributed by atoms with E-state index in [9.17, 15) is 24.3 Å². The maximum atomic E-state index is 12.7. The monoisotopic (exact) mass is 656 g/mol. The van der Waals surface area contributed by atoms with Gasteiger partial charge in [-0.05, 0) is 71.1 Å². The minimum atomic E-state index is -1.34. The fourth-order valence-electron chi connectivity index (χ4n) is 4.76. The van der Waals surface area contributed by atoms with Gasteiger partial charge in [0.2, 0.25) is 11.7 Å². The molecule has 0 aromatic heterocycles. The van der Waals surface area contributed by atoms with E-state index in [4.69, 9.17) is 4.74 Å². The number of carbonyl (C=O) groups is 4. The van der Waals surface area contributed by atoms with Crippen LogP contribution in [0.4, 0.5) is 0 Å². The van der Waals surface area contributed by atoms with Crippen molar-refractivity contribution < 1.29 is 29.0 Å². The summed E-state index contributed by atoms with van der Waals surface area (Å²) in [6.07, 6.45) is 34.8. The number of ketones is 1. The van der Waals surface area contributed by atoms with E-state index in [1.807, 2.05) is 18.2 Å². The van der Waals surface area contributed by atoms with Gasteiger partial charge in [-0.25, -0.2) is 4.79 Å². The number of amides is 2. The quantitative estimate of drug-likeness (QED) is 0.0819. The SMILES string of the molecule is CCC=CCC=CCC=CCC=CCC=CCC=CCCC(=O)NCCCCC(NC(=O)C1=CC(=O)C(C)(c2ccccc2)O1)C(=O)O. The highest BCUT2D eigenvalue weighted by Gasteiger charge is 2.44. The Balaban J connectivity index is 1.53. The van der Waals surface area contributed by atoms with E-state index in [0.29, 0.717) is 37.8 Å². The number of benzene rings is 1. The molecule has 0 radical (unpaired) electrons. The first-order valence-corrected chi connectivity index (χ1v) is 17.0. The number of hydrogen-bond donors (Lipinski definition) is 3. The Kier molecular flexibility index (Phi) is 19.4. The Morgan fingerprint density at radius 3 is 1.90 bits per heavy atom. The summed E-state index contributed by atoms with van der Waals surface area (Å²) in [5, 5.41) is 14.9. The number of hydrogen-bond acceptors (Lipinski definition) is 5. The highest BCUT2D eigenvalue weighted by atomic mass is 16.5. The van der Waals surface area contributed by atoms with Gasteiger partial charge in [0, 0.05) is 24.6 Å². The minimum Gasteiger partial charge on any atom is -0.480 e. The number of nitrogens with one attached hydrogen (secondary N) is 2. The van der Waals surface area contributed by atoms with Crippen LogP contribution in [0.3, 0.4) is 0 Å². The largest absolute Gasteiger partial charge is 0.480 e. The number of aliphatic carboxylic acids is 1. The van der Waals surface area contributed by atoms with Crippen LogP contribution in [0.1, 0.15) is 90.0 Å². The zero-order valence-corrected chi connectivity index (χ0v) is 28.4. The molecule has 0 fully saturated rings. The van der Waals surface area contributed by atoms with E-state index in [2.05, 4.69) is 78.3 Å². The standard InChI is InChI=1S/C40H52N2O6/c1-3-4-5-6-7-8-9-10-11-12-13-14-15-16-17-18-19-20-24-30-37(44)41-31-26-25-29-34(39(46)47)42-38(45)35-32-36(43)40(2,48-35)33-27-22-21-23-28-33/h4-5,7-8,10-11,13-14,16-17,19-23,27-28,32,34H,3,6,9,12,15,18,24-26,29-31H2,1-2H3,(H,41,44)(H,42,45)(H,46,47). The summed E-state index contributed by atoms with van der Waals surface area (Å²) in [4.78, 5) is 49.2. The highest BCUT2D eigenvalue weighted by Crippen LogP contribution is 2.34. The van der Waals surface area contributed by atoms with Crippen LogP contribution in [0, 0.1) is 0 Å². The third-order valence-electron chi connectivity index (χ3n) is 7.57. The number of allylic oxidation sites excluding steroid dienone is 12. The number of rotatable bonds is 23. The van der Waals surface area contributed by atoms with Gasteiger partial charge >= 0.3 is 5.97 Å². The first-order chi connectivity index (χ1) is 23.3. The van der Waals surface area contributed by atoms with Crippen LogP contribution < -0.4 is 10.6 Å². The predicted octanol–water partition coefficient (Wildman–Crippen LogP) is 7.72. The fraction of sp³-hybridized carbons (Fsp3) is 0.400. The topological polar surface area (TPSA) is 122 Å². The Morgan fingerprint density at radius 2 is 1.35 bits per heavy atom. The van der Waals surface area contributed by atoms with E-state index < -0.39 is 23.5 Å². The first-order valence-electron chi connectivity index (χ1n) is 17.0. The maximum Gasteiger partial charge on any atom is 0.326 e. The van der Waals surface area contributed by atoms with Gasteiger partial charge in [0.25, 0.3) is 5.91 Å². The normalized spacial score (nSPS) is 17.3. The summed E-state index contributed by atoms with van der Waals surface area (Å²) in [6.45, 7) is 4.13. The molecule has 2 unspecified atom stereocenters. The molecule has 8 nitrogen and oxygen atoms in total. The van der Waals surface area contributed by atoms with Crippen molar-refractivity contribution in [2.24, 2.45) is 0 Å². The lowest BCUT2D eigenvalue weighted by atomic mass is 9.92. The van der Waals surface area contributed by atoms with Crippen LogP contribution in [0.25, 0.3) is 0 Å². The number of ether oxygens (including phenoxy) is 1. The number of carboxylic acid groups (broad SMARTS) is 1. The summed E-state index contributed by atoms with van der Waals surface area (Å²) in [6, 6.07) is 7.66. The van der Waals surface area contributed by atoms with Gasteiger partial charge in [-0.2, -0.15) is 0 Å². The molecule has 0 aliphatic carbocycles. The predicted molar refractivity (Wildman–Crippen MR) is 192 cm³/mol. The van der Waals surface area contributed by atoms with Crippen molar-refractivity contribution in [2.75, 3.05) is 6.54 Å². The van der Waals surface area contributed by atoms with Crippen molar-refractivity contribution in [1.29, 1.82) is 0 Å². The molecule has 0 bridgehead atoms. The molecule has 48 heavy (non-hydrogen) atoms. The second kappa shape index (κ2) is 23.6. The lowest BCUT2D eigenvalue weighted by molar-refractivity contribution is -0.142. The van der Waals surface area contributed by atoms with Crippen LogP contribution in [0.15, 0.2) is 115 Å². The third-order valence-corrected chi connectivity index (χ3v) is 7.57. The summed E-state index contributed by atoms with van der Waals surface area (Å²) in [5.74, 6) is -2.59. The smallest absolute Gasteiger partial charge is 0.326 e. The van der Waals surface area contributed by atoms with Gasteiger partial charge in [0.05, 0.1) is 0 Å². The molecule has 2 atom stereocenters. The first kappa shape index (κ1) is 39.5. The van der Waals surface area contributed by atoms with Crippen molar-refractivity contribution in [3.05, 3.63) is 121 Å². The molecule has 2 amide bonds. The van der Waals surface area contributed by atoms with Crippen LogP contribution >= 0.6 is 0 Å². The van der Waals surface area contributed by atoms with E-state index >= 15 is 0 Å². The zero-order valence-electron chi connectivity index (χ0n) is 28.4. The summed E-state index contributed by atoms with van der Waals surface area (Å²) >= 11 is 0. The lowest BCUT2D eigenvalue weighted by Crippen LogP contribution is -2.42. The Bertz CT molecular complexity index is 1370. The molecule has 2 rings (SSSR count). The fourth-order valence-corrected chi connectivity index (χ4v) is 4.76. The zero-order chi connectivity index (χ0) is 34.9. The molecule has 1 aliphatic rings. The van der Waals surface area contributed by atoms with Crippen molar-refractivity contribution in [3.63, 3.8) is 0 Å². The Labute approximate surface area is 286 Å². The molecule has 1 aromatic carbocycles. The minimum absolute atomic E-state index is 0.0610. The van der Waals surface area contributed by atoms with E-state index in [-0.39, 0.29) is 23.9 Å². The lowest BCUT2D eigenvalue weighted by Gasteiger charge is -2.24. The molecule has 1 heterocycles. The molecule has 0 spiro atoms. The maximum absolute atomic E-state index is 12.7. The molecule has 0 saturated heterocycles. The molecular weight excluding hydrogens is 604 g/mol. The van der Waals surface area contributed by atoms with Gasteiger partial charge < -0.3 is 20.5 Å². The van der Waals surface area contributed by atoms with Gasteiger partial charge in [0.15, 0.2) is 11.4 Å². The molecule has 1 aliphatic heterocycles. The van der Waals surface area contributed by atoms with Crippen LogP contribution in [-0.4, -0.2) is 41.3 Å². The summed E-state index contributed by atoms with van der Waals surface area (Å²) in [7, 11) is 0. The molecule has 1 aromatic rings. The van der Waals surface area contributed by atoms with E-state index in [0.717, 1.165) is 44.6 Å². The Hall–Kier alpha value is -4.72. The van der Waals surface area contributed by atoms with E-state index in [1.54, 1.807) is 31.2 Å². The average Bonchev–Trinajstić information content (AvgIpc) is 3.40. The van der Waals surface area contributed by atoms with Crippen molar-refractivity contribution in [1.82, 2.24) is 10.6 Å². The summed E-state index contributed by atoms with van der Waals surface area (Å²) in [5.41, 5.74) is -0.736. The molecule has 0 saturated carbocycles. The van der Waals surface area contributed by atoms with Crippen molar-refractivity contribution >= 4 is 23.6 Å². The molecule has 3 N–H and O–H groups in total. The van der Waals surface area contributed by atoms with Crippen molar-refractivity contribution in [3.8, 4) is 0 Å². The third kappa shape index (κ3) is 15.7. The van der Waals surface area contributed by atoms with Gasteiger partial charge in [-0.3, -0.25) is 14.4 Å². The second-order valence-electron chi connectivity index (χ2n) is 11.5. The van der Waals surface area contributed by atoms with E-state index in [1.165, 1.54) is 0 Å². The van der Waals surface area contributed by atoms with Crippen LogP contribution in [-0.2, 0) is 29.5 Å². The van der Waals surface area contributed by atoms with Gasteiger partial charge in [-0.15, -0.1) is 0 Å². The number of unbranched alkanes of at least 4 members (excludes halogenated alkanes) is 1. The van der Waals surface area contributed by atoms with Crippen LogP contribution in [0.5, 0.6) is 0 Å². The average molecular weight is 657 g/mol. The second-order valence-corrected chi connectivity index (χ2v) is 11.5. The molecular formula is C40H52N2O6. The van der Waals surface area contributed by atoms with Crippen LogP contribution in [0.2, 0.25) is 0 Å². The Morgan fingerprint density at radius 1 is 0.812 bits per heavy atom. The number of carbonyl (C=O) groups excluding carboxylic acids is 3.